The zero-order valence-electron chi connectivity index (χ0n) is 14.7. The lowest BCUT2D eigenvalue weighted by Crippen LogP contribution is -2.34. The lowest BCUT2D eigenvalue weighted by Gasteiger charge is -2.21. The number of hydrogen-bond donors (Lipinski definition) is 4. The van der Waals surface area contributed by atoms with Crippen molar-refractivity contribution in [2.24, 2.45) is 0 Å². The van der Waals surface area contributed by atoms with E-state index >= 15 is 0 Å². The maximum atomic E-state index is 11.6. The van der Waals surface area contributed by atoms with Gasteiger partial charge in [0.05, 0.1) is 28.1 Å². The van der Waals surface area contributed by atoms with Gasteiger partial charge in [-0.25, -0.2) is 4.79 Å². The monoisotopic (exact) mass is 366 g/mol. The number of ether oxygens (including phenoxy) is 1. The minimum absolute atomic E-state index is 0.0369. The number of aliphatic hydroxyl groups excluding tert-OH is 2. The van der Waals surface area contributed by atoms with Crippen LogP contribution in [-0.4, -0.2) is 49.7 Å². The summed E-state index contributed by atoms with van der Waals surface area (Å²) in [6.07, 6.45) is -1.86. The summed E-state index contributed by atoms with van der Waals surface area (Å²) in [6.45, 7) is 5.25. The SMILES string of the molecule is CC(C)(C)OC(=O)NCCC(O)C(O)c1cc([N+](=O)[O-])c2cn[nH]c2c1. The Morgan fingerprint density at radius 3 is 2.73 bits per heavy atom. The zero-order chi connectivity index (χ0) is 19.5. The molecule has 0 aliphatic heterocycles. The second kappa shape index (κ2) is 7.67. The molecule has 0 spiro atoms. The third kappa shape index (κ3) is 4.90. The molecule has 0 fully saturated rings. The van der Waals surface area contributed by atoms with Crippen LogP contribution in [0.25, 0.3) is 10.9 Å². The van der Waals surface area contributed by atoms with Crippen molar-refractivity contribution >= 4 is 22.7 Å². The van der Waals surface area contributed by atoms with Crippen LogP contribution in [0.4, 0.5) is 10.5 Å². The molecular formula is C16H22N4O6. The molecule has 10 nitrogen and oxygen atoms in total. The molecule has 2 rings (SSSR count). The number of fused-ring (bicyclic) bond motifs is 1. The zero-order valence-corrected chi connectivity index (χ0v) is 14.7. The third-order valence-electron chi connectivity index (χ3n) is 3.57. The average molecular weight is 366 g/mol. The molecule has 2 unspecified atom stereocenters. The predicted octanol–water partition coefficient (Wildman–Crippen LogP) is 1.78. The van der Waals surface area contributed by atoms with Crippen molar-refractivity contribution in [2.45, 2.75) is 45.0 Å². The number of aliphatic hydroxyl groups is 2. The van der Waals surface area contributed by atoms with Gasteiger partial charge in [-0.1, -0.05) is 0 Å². The summed E-state index contributed by atoms with van der Waals surface area (Å²) >= 11 is 0. The van der Waals surface area contributed by atoms with Crippen LogP contribution in [0.15, 0.2) is 18.3 Å². The number of carbonyl (C=O) groups excluding carboxylic acids is 1. The van der Waals surface area contributed by atoms with Crippen LogP contribution >= 0.6 is 0 Å². The molecule has 2 atom stereocenters. The highest BCUT2D eigenvalue weighted by Crippen LogP contribution is 2.30. The first kappa shape index (κ1) is 19.6. The van der Waals surface area contributed by atoms with Crippen molar-refractivity contribution in [1.29, 1.82) is 0 Å². The van der Waals surface area contributed by atoms with Crippen LogP contribution in [0.3, 0.4) is 0 Å². The molecule has 26 heavy (non-hydrogen) atoms. The van der Waals surface area contributed by atoms with Crippen LogP contribution in [0.1, 0.15) is 38.9 Å². The molecule has 0 saturated carbocycles. The van der Waals surface area contributed by atoms with Gasteiger partial charge in [0.2, 0.25) is 0 Å². The summed E-state index contributed by atoms with van der Waals surface area (Å²) in [4.78, 5) is 22.2. The number of nitrogens with zero attached hydrogens (tertiary/aromatic N) is 2. The average Bonchev–Trinajstić information content (AvgIpc) is 2.99. The molecule has 1 amide bonds. The number of aromatic amines is 1. The molecule has 1 aromatic carbocycles. The van der Waals surface area contributed by atoms with Gasteiger partial charge in [0.1, 0.15) is 11.7 Å². The van der Waals surface area contributed by atoms with Gasteiger partial charge in [0.25, 0.3) is 5.69 Å². The number of amides is 1. The number of hydrogen-bond acceptors (Lipinski definition) is 7. The molecule has 0 saturated heterocycles. The van der Waals surface area contributed by atoms with Gasteiger partial charge >= 0.3 is 6.09 Å². The van der Waals surface area contributed by atoms with Crippen LogP contribution in [0.5, 0.6) is 0 Å². The summed E-state index contributed by atoms with van der Waals surface area (Å²) < 4.78 is 5.07. The van der Waals surface area contributed by atoms with Crippen molar-refractivity contribution in [3.8, 4) is 0 Å². The number of rotatable bonds is 6. The maximum absolute atomic E-state index is 11.6. The van der Waals surface area contributed by atoms with Crippen molar-refractivity contribution in [3.63, 3.8) is 0 Å². The van der Waals surface area contributed by atoms with E-state index in [0.717, 1.165) is 0 Å². The van der Waals surface area contributed by atoms with Crippen LogP contribution in [0.2, 0.25) is 0 Å². The van der Waals surface area contributed by atoms with Crippen LogP contribution in [-0.2, 0) is 4.74 Å². The Kier molecular flexibility index (Phi) is 5.78. The molecule has 2 aromatic rings. The van der Waals surface area contributed by atoms with Gasteiger partial charge < -0.3 is 20.3 Å². The van der Waals surface area contributed by atoms with Crippen LogP contribution < -0.4 is 5.32 Å². The van der Waals surface area contributed by atoms with E-state index in [0.29, 0.717) is 10.9 Å². The highest BCUT2D eigenvalue weighted by molar-refractivity contribution is 5.88. The van der Waals surface area contributed by atoms with Gasteiger partial charge in [0, 0.05) is 12.6 Å². The topological polar surface area (TPSA) is 151 Å². The van der Waals surface area contributed by atoms with E-state index in [9.17, 15) is 25.1 Å². The first-order valence-corrected chi connectivity index (χ1v) is 8.03. The predicted molar refractivity (Wildman–Crippen MR) is 92.6 cm³/mol. The number of nitrogens with one attached hydrogen (secondary N) is 2. The number of benzene rings is 1. The number of nitro groups is 1. The summed E-state index contributed by atoms with van der Waals surface area (Å²) in [5, 5.41) is 40.7. The molecule has 0 radical (unpaired) electrons. The Morgan fingerprint density at radius 2 is 2.12 bits per heavy atom. The first-order chi connectivity index (χ1) is 12.1. The van der Waals surface area contributed by atoms with E-state index in [-0.39, 0.29) is 24.2 Å². The van der Waals surface area contributed by atoms with Crippen molar-refractivity contribution in [1.82, 2.24) is 15.5 Å². The lowest BCUT2D eigenvalue weighted by molar-refractivity contribution is -0.383. The number of nitro benzene ring substituents is 1. The fourth-order valence-corrected chi connectivity index (χ4v) is 2.39. The van der Waals surface area contributed by atoms with Crippen molar-refractivity contribution < 1.29 is 24.7 Å². The highest BCUT2D eigenvalue weighted by Gasteiger charge is 2.24. The second-order valence-corrected chi connectivity index (χ2v) is 6.86. The minimum Gasteiger partial charge on any atom is -0.444 e. The van der Waals surface area contributed by atoms with Gasteiger partial charge in [-0.15, -0.1) is 0 Å². The van der Waals surface area contributed by atoms with E-state index in [4.69, 9.17) is 4.74 Å². The Hall–Kier alpha value is -2.72. The smallest absolute Gasteiger partial charge is 0.407 e. The lowest BCUT2D eigenvalue weighted by atomic mass is 10.00. The van der Waals surface area contributed by atoms with Crippen LogP contribution in [0, 0.1) is 10.1 Å². The standard InChI is InChI=1S/C16H22N4O6/c1-16(2,3)26-15(23)17-5-4-13(21)14(22)9-6-11-10(8-18-19-11)12(7-9)20(24)25/h6-8,13-14,21-22H,4-5H2,1-3H3,(H,17,23)(H,18,19). The highest BCUT2D eigenvalue weighted by atomic mass is 16.6. The number of alkyl carbamates (subject to hydrolysis) is 1. The molecule has 142 valence electrons. The molecule has 1 heterocycles. The quantitative estimate of drug-likeness (QED) is 0.449. The van der Waals surface area contributed by atoms with E-state index in [2.05, 4.69) is 15.5 Å². The van der Waals surface area contributed by atoms with E-state index < -0.39 is 28.8 Å². The third-order valence-corrected chi connectivity index (χ3v) is 3.57. The Bertz CT molecular complexity index is 798. The molecule has 1 aromatic heterocycles. The Labute approximate surface area is 149 Å². The molecule has 10 heteroatoms. The summed E-state index contributed by atoms with van der Waals surface area (Å²) in [5.41, 5.74) is -0.296. The van der Waals surface area contributed by atoms with Gasteiger partial charge in [0.15, 0.2) is 0 Å². The summed E-state index contributed by atoms with van der Waals surface area (Å²) in [5.74, 6) is 0. The number of carbonyl (C=O) groups is 1. The van der Waals surface area contributed by atoms with Crippen molar-refractivity contribution in [2.75, 3.05) is 6.54 Å². The summed E-state index contributed by atoms with van der Waals surface area (Å²) in [7, 11) is 0. The van der Waals surface area contributed by atoms with E-state index in [1.165, 1.54) is 18.3 Å². The fraction of sp³-hybridized carbons (Fsp3) is 0.500. The molecule has 0 aliphatic carbocycles. The van der Waals surface area contributed by atoms with Gasteiger partial charge in [-0.3, -0.25) is 15.2 Å². The van der Waals surface area contributed by atoms with Gasteiger partial charge in [-0.05, 0) is 38.8 Å². The number of aromatic nitrogens is 2. The fourth-order valence-electron chi connectivity index (χ4n) is 2.39. The van der Waals surface area contributed by atoms with Gasteiger partial charge in [-0.2, -0.15) is 5.10 Å². The minimum atomic E-state index is -1.36. The van der Waals surface area contributed by atoms with E-state index in [1.807, 2.05) is 0 Å². The molecular weight excluding hydrogens is 344 g/mol. The first-order valence-electron chi connectivity index (χ1n) is 8.03. The summed E-state index contributed by atoms with van der Waals surface area (Å²) in [6, 6.07) is 2.69. The Balaban J connectivity index is 2.02. The molecule has 4 N–H and O–H groups in total. The normalized spacial score (nSPS) is 14.0. The largest absolute Gasteiger partial charge is 0.444 e. The Morgan fingerprint density at radius 1 is 1.42 bits per heavy atom. The second-order valence-electron chi connectivity index (χ2n) is 6.86. The molecule has 0 aliphatic rings. The number of H-pyrrole nitrogens is 1. The maximum Gasteiger partial charge on any atom is 0.407 e. The van der Waals surface area contributed by atoms with E-state index in [1.54, 1.807) is 20.8 Å². The molecule has 0 bridgehead atoms. The number of non-ortho nitro benzene ring substituents is 1. The van der Waals surface area contributed by atoms with Crippen molar-refractivity contribution in [3.05, 3.63) is 34.0 Å².